The molecular formula is C26H24BClN6O. The number of aromatic nitrogens is 3. The van der Waals surface area contributed by atoms with Crippen LogP contribution in [-0.4, -0.2) is 52.4 Å². The number of nitrogens with one attached hydrogen (secondary N) is 1. The van der Waals surface area contributed by atoms with E-state index >= 15 is 0 Å². The van der Waals surface area contributed by atoms with Gasteiger partial charge in [-0.05, 0) is 48.1 Å². The van der Waals surface area contributed by atoms with Crippen molar-refractivity contribution in [1.82, 2.24) is 19.5 Å². The van der Waals surface area contributed by atoms with Crippen molar-refractivity contribution in [2.75, 3.05) is 24.1 Å². The fourth-order valence-electron chi connectivity index (χ4n) is 4.28. The second kappa shape index (κ2) is 9.84. The molecule has 0 saturated carbocycles. The Bertz CT molecular complexity index is 1410. The number of carbonyl (C=O) groups is 1. The number of nitrogens with zero attached hydrogens (tertiary/aromatic N) is 4. The summed E-state index contributed by atoms with van der Waals surface area (Å²) in [6.07, 6.45) is 6.62. The van der Waals surface area contributed by atoms with Crippen LogP contribution in [0.2, 0.25) is 5.02 Å². The van der Waals surface area contributed by atoms with E-state index in [0.29, 0.717) is 34.9 Å². The second-order valence-electron chi connectivity index (χ2n) is 8.59. The lowest BCUT2D eigenvalue weighted by Gasteiger charge is -2.32. The first-order valence-corrected chi connectivity index (χ1v) is 11.8. The highest BCUT2D eigenvalue weighted by atomic mass is 35.5. The maximum Gasteiger partial charge on any atom is 0.246 e. The standard InChI is InChI=1S/C26H24BClN6O/c27-21-16-30-34-24(15-23(32-26(21)34)20-6-1-2-7-22(20)28)31-19-10-12-33(13-11-19)25(35)9-8-17-4-3-5-18(29)14-17/h1-9,14-16,19,31H,10-13,29H2/b9-8+. The summed E-state index contributed by atoms with van der Waals surface area (Å²) in [4.78, 5) is 19.2. The molecule has 0 atom stereocenters. The molecule has 1 amide bonds. The largest absolute Gasteiger partial charge is 0.399 e. The summed E-state index contributed by atoms with van der Waals surface area (Å²) in [7, 11) is 6.13. The van der Waals surface area contributed by atoms with E-state index in [2.05, 4.69) is 15.4 Å². The van der Waals surface area contributed by atoms with E-state index in [-0.39, 0.29) is 11.9 Å². The highest BCUT2D eigenvalue weighted by Crippen LogP contribution is 2.29. The van der Waals surface area contributed by atoms with Crippen LogP contribution in [0.1, 0.15) is 18.4 Å². The number of rotatable bonds is 5. The molecule has 2 radical (unpaired) electrons. The van der Waals surface area contributed by atoms with Gasteiger partial charge in [0.25, 0.3) is 0 Å². The van der Waals surface area contributed by atoms with Crippen LogP contribution in [0.15, 0.2) is 66.9 Å². The average molecular weight is 483 g/mol. The number of benzene rings is 2. The Morgan fingerprint density at radius 3 is 2.71 bits per heavy atom. The zero-order valence-corrected chi connectivity index (χ0v) is 19.8. The van der Waals surface area contributed by atoms with Crippen LogP contribution >= 0.6 is 11.6 Å². The Hall–Kier alpha value is -3.78. The van der Waals surface area contributed by atoms with Gasteiger partial charge >= 0.3 is 0 Å². The number of nitrogens with two attached hydrogens (primary N) is 1. The number of fused-ring (bicyclic) bond motifs is 1. The molecule has 35 heavy (non-hydrogen) atoms. The molecule has 5 rings (SSSR count). The van der Waals surface area contributed by atoms with Crippen LogP contribution < -0.4 is 16.5 Å². The van der Waals surface area contributed by atoms with Crippen molar-refractivity contribution in [2.45, 2.75) is 18.9 Å². The van der Waals surface area contributed by atoms with E-state index in [1.54, 1.807) is 22.9 Å². The first kappa shape index (κ1) is 23.0. The van der Waals surface area contributed by atoms with Crippen LogP contribution in [-0.2, 0) is 4.79 Å². The van der Waals surface area contributed by atoms with Gasteiger partial charge in [0, 0.05) is 53.7 Å². The van der Waals surface area contributed by atoms with Crippen molar-refractivity contribution in [2.24, 2.45) is 0 Å². The molecule has 1 saturated heterocycles. The summed E-state index contributed by atoms with van der Waals surface area (Å²) in [6.45, 7) is 1.31. The molecule has 1 aliphatic heterocycles. The molecule has 2 aromatic carbocycles. The van der Waals surface area contributed by atoms with Crippen molar-refractivity contribution in [3.05, 3.63) is 77.5 Å². The predicted octanol–water partition coefficient (Wildman–Crippen LogP) is 3.54. The summed E-state index contributed by atoms with van der Waals surface area (Å²) in [5.41, 5.74) is 10.0. The lowest BCUT2D eigenvalue weighted by Crippen LogP contribution is -2.42. The highest BCUT2D eigenvalue weighted by molar-refractivity contribution is 6.36. The third kappa shape index (κ3) is 5.02. The van der Waals surface area contributed by atoms with E-state index in [9.17, 15) is 4.79 Å². The molecule has 2 aromatic heterocycles. The van der Waals surface area contributed by atoms with E-state index < -0.39 is 0 Å². The summed E-state index contributed by atoms with van der Waals surface area (Å²) < 4.78 is 1.71. The van der Waals surface area contributed by atoms with Gasteiger partial charge < -0.3 is 16.0 Å². The van der Waals surface area contributed by atoms with Gasteiger partial charge in [0.1, 0.15) is 13.7 Å². The van der Waals surface area contributed by atoms with E-state index in [1.807, 2.05) is 59.5 Å². The minimum atomic E-state index is -0.00182. The van der Waals surface area contributed by atoms with Gasteiger partial charge in [0.05, 0.1) is 5.69 Å². The zero-order valence-electron chi connectivity index (χ0n) is 19.1. The third-order valence-electron chi connectivity index (χ3n) is 6.14. The van der Waals surface area contributed by atoms with E-state index in [1.165, 1.54) is 0 Å². The van der Waals surface area contributed by atoms with E-state index in [0.717, 1.165) is 35.5 Å². The number of halogens is 1. The monoisotopic (exact) mass is 482 g/mol. The molecule has 0 spiro atoms. The number of anilines is 2. The van der Waals surface area contributed by atoms with Gasteiger partial charge in [-0.1, -0.05) is 41.9 Å². The summed E-state index contributed by atoms with van der Waals surface area (Å²) in [5, 5.41) is 8.59. The van der Waals surface area contributed by atoms with Crippen LogP contribution in [0.4, 0.5) is 11.5 Å². The fourth-order valence-corrected chi connectivity index (χ4v) is 4.51. The molecule has 0 aliphatic carbocycles. The lowest BCUT2D eigenvalue weighted by atomic mass is 10.0. The van der Waals surface area contributed by atoms with Crippen LogP contribution in [0, 0.1) is 0 Å². The minimum Gasteiger partial charge on any atom is -0.399 e. The lowest BCUT2D eigenvalue weighted by molar-refractivity contribution is -0.126. The third-order valence-corrected chi connectivity index (χ3v) is 6.47. The maximum atomic E-state index is 12.7. The molecule has 3 heterocycles. The number of carbonyl (C=O) groups excluding carboxylic acids is 1. The summed E-state index contributed by atoms with van der Waals surface area (Å²) >= 11 is 6.42. The van der Waals surface area contributed by atoms with Gasteiger partial charge in [0.2, 0.25) is 5.91 Å². The van der Waals surface area contributed by atoms with Crippen molar-refractivity contribution in [3.63, 3.8) is 0 Å². The second-order valence-corrected chi connectivity index (χ2v) is 9.00. The average Bonchev–Trinajstić information content (AvgIpc) is 3.24. The van der Waals surface area contributed by atoms with Gasteiger partial charge in [-0.3, -0.25) is 4.79 Å². The molecule has 174 valence electrons. The van der Waals surface area contributed by atoms with Gasteiger partial charge in [-0.15, -0.1) is 0 Å². The SMILES string of the molecule is [B]c1cnn2c(NC3CCN(C(=O)/C=C/c4cccc(N)c4)CC3)cc(-c3ccccc3Cl)nc12. The number of likely N-dealkylation sites (tertiary alicyclic amines) is 1. The molecule has 1 fully saturated rings. The Morgan fingerprint density at radius 2 is 1.94 bits per heavy atom. The Balaban J connectivity index is 1.29. The highest BCUT2D eigenvalue weighted by Gasteiger charge is 2.23. The fraction of sp³-hybridized carbons (Fsp3) is 0.192. The van der Waals surface area contributed by atoms with Crippen molar-refractivity contribution < 1.29 is 4.79 Å². The molecule has 0 unspecified atom stereocenters. The number of piperidine rings is 1. The van der Waals surface area contributed by atoms with Gasteiger partial charge in [0.15, 0.2) is 5.65 Å². The zero-order chi connectivity index (χ0) is 24.4. The first-order valence-electron chi connectivity index (χ1n) is 11.5. The van der Waals surface area contributed by atoms with Crippen molar-refractivity contribution >= 4 is 54.0 Å². The van der Waals surface area contributed by atoms with Crippen molar-refractivity contribution in [1.29, 1.82) is 0 Å². The summed E-state index contributed by atoms with van der Waals surface area (Å²) in [6, 6.07) is 17.1. The minimum absolute atomic E-state index is 0.00182. The smallest absolute Gasteiger partial charge is 0.246 e. The molecule has 0 bridgehead atoms. The molecule has 9 heteroatoms. The normalized spacial score (nSPS) is 14.6. The van der Waals surface area contributed by atoms with Crippen LogP contribution in [0.5, 0.6) is 0 Å². The number of hydrogen-bond acceptors (Lipinski definition) is 5. The quantitative estimate of drug-likeness (QED) is 0.258. The van der Waals surface area contributed by atoms with Crippen LogP contribution in [0.25, 0.3) is 23.0 Å². The summed E-state index contributed by atoms with van der Waals surface area (Å²) in [5.74, 6) is 0.783. The molecule has 4 aromatic rings. The molecule has 7 nitrogen and oxygen atoms in total. The van der Waals surface area contributed by atoms with Crippen molar-refractivity contribution in [3.8, 4) is 11.3 Å². The number of nitrogen functional groups attached to an aromatic ring is 1. The predicted molar refractivity (Wildman–Crippen MR) is 142 cm³/mol. The molecular weight excluding hydrogens is 459 g/mol. The Kier molecular flexibility index (Phi) is 6.46. The maximum absolute atomic E-state index is 12.7. The molecule has 1 aliphatic rings. The van der Waals surface area contributed by atoms with Gasteiger partial charge in [-0.2, -0.15) is 9.61 Å². The van der Waals surface area contributed by atoms with Crippen LogP contribution in [0.3, 0.4) is 0 Å². The topological polar surface area (TPSA) is 88.5 Å². The Morgan fingerprint density at radius 1 is 1.14 bits per heavy atom. The number of hydrogen-bond donors (Lipinski definition) is 2. The number of amides is 1. The van der Waals surface area contributed by atoms with E-state index in [4.69, 9.17) is 25.2 Å². The van der Waals surface area contributed by atoms with Gasteiger partial charge in [-0.25, -0.2) is 4.98 Å². The molecule has 3 N–H and O–H groups in total. The first-order chi connectivity index (χ1) is 17.0. The Labute approximate surface area is 210 Å².